The minimum atomic E-state index is -0.865. The zero-order valence-corrected chi connectivity index (χ0v) is 24.3. The highest BCUT2D eigenvalue weighted by molar-refractivity contribution is 6.31. The smallest absolute Gasteiger partial charge is 0.252 e. The van der Waals surface area contributed by atoms with Crippen LogP contribution in [0, 0.1) is 0 Å². The molecule has 220 valence electrons. The van der Waals surface area contributed by atoms with Gasteiger partial charge in [0.1, 0.15) is 18.1 Å². The van der Waals surface area contributed by atoms with Crippen LogP contribution in [0.5, 0.6) is 5.75 Å². The van der Waals surface area contributed by atoms with Gasteiger partial charge >= 0.3 is 0 Å². The van der Waals surface area contributed by atoms with Gasteiger partial charge in [-0.05, 0) is 29.3 Å². The molecule has 0 amide bonds. The second-order valence-electron chi connectivity index (χ2n) is 10.1. The number of ketones is 2. The van der Waals surface area contributed by atoms with Crippen molar-refractivity contribution < 1.29 is 28.6 Å². The number of methoxy groups -OCH3 is 1. The van der Waals surface area contributed by atoms with Crippen molar-refractivity contribution in [1.29, 1.82) is 0 Å². The van der Waals surface area contributed by atoms with E-state index in [-0.39, 0.29) is 30.5 Å². The van der Waals surface area contributed by atoms with E-state index in [9.17, 15) is 14.4 Å². The third-order valence-electron chi connectivity index (χ3n) is 7.34. The molecule has 1 fully saturated rings. The first-order chi connectivity index (χ1) is 20.4. The summed E-state index contributed by atoms with van der Waals surface area (Å²) in [5.74, 6) is 0.105. The van der Waals surface area contributed by atoms with Crippen molar-refractivity contribution in [2.24, 2.45) is 5.16 Å². The molecule has 0 N–H and O–H groups in total. The molecule has 2 aromatic heterocycles. The maximum Gasteiger partial charge on any atom is 0.252 e. The van der Waals surface area contributed by atoms with E-state index in [4.69, 9.17) is 30.6 Å². The lowest BCUT2D eigenvalue weighted by Gasteiger charge is -2.28. The van der Waals surface area contributed by atoms with Crippen LogP contribution >= 0.6 is 11.6 Å². The fourth-order valence-electron chi connectivity index (χ4n) is 5.15. The van der Waals surface area contributed by atoms with Gasteiger partial charge in [-0.1, -0.05) is 35.8 Å². The molecular weight excluding hydrogens is 562 g/mol. The van der Waals surface area contributed by atoms with Crippen LogP contribution in [0.1, 0.15) is 53.8 Å². The Bertz CT molecular complexity index is 1550. The summed E-state index contributed by atoms with van der Waals surface area (Å²) in [6.07, 6.45) is 3.93. The van der Waals surface area contributed by atoms with Crippen molar-refractivity contribution in [3.05, 3.63) is 81.0 Å². The molecule has 10 nitrogen and oxygen atoms in total. The third-order valence-corrected chi connectivity index (χ3v) is 7.58. The number of ether oxygens (including phenoxy) is 3. The molecule has 3 aromatic rings. The van der Waals surface area contributed by atoms with Crippen molar-refractivity contribution in [3.63, 3.8) is 0 Å². The Balaban J connectivity index is 1.52. The number of pyridine rings is 2. The lowest BCUT2D eigenvalue weighted by Crippen LogP contribution is -2.37. The van der Waals surface area contributed by atoms with Crippen LogP contribution < -0.4 is 10.3 Å². The molecule has 1 aromatic carbocycles. The molecule has 2 atom stereocenters. The number of oxime groups is 1. The normalized spacial score (nSPS) is 17.3. The van der Waals surface area contributed by atoms with Gasteiger partial charge in [0.2, 0.25) is 0 Å². The first-order valence-corrected chi connectivity index (χ1v) is 14.2. The van der Waals surface area contributed by atoms with Crippen molar-refractivity contribution >= 4 is 28.9 Å². The fraction of sp³-hybridized carbons (Fsp3) is 0.387. The number of hydrogen-bond acceptors (Lipinski definition) is 9. The van der Waals surface area contributed by atoms with Gasteiger partial charge in [0.15, 0.2) is 11.6 Å². The Morgan fingerprint density at radius 2 is 1.98 bits per heavy atom. The predicted octanol–water partition coefficient (Wildman–Crippen LogP) is 4.45. The molecule has 0 spiro atoms. The summed E-state index contributed by atoms with van der Waals surface area (Å²) in [6.45, 7) is 3.44. The molecule has 11 heteroatoms. The molecule has 0 radical (unpaired) electrons. The molecular formula is C31H32ClN3O7. The van der Waals surface area contributed by atoms with Crippen LogP contribution in [0.2, 0.25) is 5.02 Å². The van der Waals surface area contributed by atoms with Crippen molar-refractivity contribution in [2.75, 3.05) is 33.5 Å². The van der Waals surface area contributed by atoms with E-state index in [2.05, 4.69) is 10.1 Å². The Morgan fingerprint density at radius 1 is 1.12 bits per heavy atom. The molecule has 2 aliphatic heterocycles. The molecule has 5 rings (SSSR count). The minimum Gasteiger partial charge on any atom is -0.495 e. The zero-order valence-electron chi connectivity index (χ0n) is 23.5. The summed E-state index contributed by atoms with van der Waals surface area (Å²) >= 11 is 6.36. The quantitative estimate of drug-likeness (QED) is 0.299. The number of carbonyl (C=O) groups excluding carboxylic acids is 2. The number of Topliss-reactive ketones (excluding diaryl/α,β-unsaturated/α-hetero) is 2. The summed E-state index contributed by atoms with van der Waals surface area (Å²) in [6, 6.07) is 9.29. The fourth-order valence-corrected chi connectivity index (χ4v) is 5.32. The average molecular weight is 594 g/mol. The highest BCUT2D eigenvalue weighted by Gasteiger charge is 2.29. The zero-order chi connectivity index (χ0) is 29.6. The molecule has 2 aliphatic rings. The molecule has 0 bridgehead atoms. The second-order valence-corrected chi connectivity index (χ2v) is 10.5. The lowest BCUT2D eigenvalue weighted by molar-refractivity contribution is -0.126. The van der Waals surface area contributed by atoms with E-state index >= 15 is 0 Å². The van der Waals surface area contributed by atoms with Crippen LogP contribution in [-0.2, 0) is 25.5 Å². The predicted molar refractivity (Wildman–Crippen MR) is 157 cm³/mol. The van der Waals surface area contributed by atoms with E-state index in [1.807, 2.05) is 6.07 Å². The average Bonchev–Trinajstić information content (AvgIpc) is 3.55. The molecule has 0 saturated carbocycles. The summed E-state index contributed by atoms with van der Waals surface area (Å²) in [4.78, 5) is 49.0. The Kier molecular flexibility index (Phi) is 9.46. The second kappa shape index (κ2) is 13.4. The number of halogens is 1. The van der Waals surface area contributed by atoms with E-state index in [0.717, 1.165) is 11.3 Å². The van der Waals surface area contributed by atoms with E-state index < -0.39 is 11.6 Å². The van der Waals surface area contributed by atoms with Gasteiger partial charge < -0.3 is 23.6 Å². The van der Waals surface area contributed by atoms with Gasteiger partial charge in [-0.15, -0.1) is 0 Å². The Hall–Kier alpha value is -3.86. The van der Waals surface area contributed by atoms with Gasteiger partial charge in [-0.2, -0.15) is 0 Å². The van der Waals surface area contributed by atoms with Gasteiger partial charge in [-0.25, -0.2) is 0 Å². The topological polar surface area (TPSA) is 118 Å². The molecule has 1 saturated heterocycles. The highest BCUT2D eigenvalue weighted by Crippen LogP contribution is 2.35. The van der Waals surface area contributed by atoms with Crippen LogP contribution in [-0.4, -0.2) is 66.5 Å². The van der Waals surface area contributed by atoms with Gasteiger partial charge in [0.05, 0.1) is 51.0 Å². The molecule has 42 heavy (non-hydrogen) atoms. The molecule has 4 heterocycles. The standard InChI is InChI=1S/C31H32ClN3O7/c1-3-28(36)26-7-4-19(16-33-26)12-29(37)27(14-21-18-40-10-11-41-21)35-17-30(39-2)24(15-31(35)38)23-13-20(32)5-6-22(23)25-8-9-42-34-25/h4-7,13,15-17,21,27H,3,8-12,14,18H2,1-2H3. The largest absolute Gasteiger partial charge is 0.495 e. The third kappa shape index (κ3) is 6.61. The lowest BCUT2D eigenvalue weighted by atomic mass is 9.95. The summed E-state index contributed by atoms with van der Waals surface area (Å²) in [5.41, 5.74) is 3.32. The first kappa shape index (κ1) is 29.6. The van der Waals surface area contributed by atoms with Gasteiger partial charge in [0, 0.05) is 54.1 Å². The number of hydrogen-bond donors (Lipinski definition) is 0. The van der Waals surface area contributed by atoms with Crippen LogP contribution in [0.4, 0.5) is 0 Å². The summed E-state index contributed by atoms with van der Waals surface area (Å²) < 4.78 is 18.6. The first-order valence-electron chi connectivity index (χ1n) is 13.9. The van der Waals surface area contributed by atoms with Crippen LogP contribution in [0.25, 0.3) is 11.1 Å². The van der Waals surface area contributed by atoms with E-state index in [0.29, 0.717) is 72.4 Å². The maximum atomic E-state index is 13.8. The number of aromatic nitrogens is 2. The Labute approximate surface area is 248 Å². The summed E-state index contributed by atoms with van der Waals surface area (Å²) in [7, 11) is 1.51. The van der Waals surface area contributed by atoms with Crippen LogP contribution in [0.3, 0.4) is 0 Å². The number of carbonyl (C=O) groups is 2. The number of benzene rings is 1. The molecule has 2 unspecified atom stereocenters. The Morgan fingerprint density at radius 3 is 2.64 bits per heavy atom. The van der Waals surface area contributed by atoms with E-state index in [1.165, 1.54) is 23.9 Å². The number of rotatable bonds is 11. The monoisotopic (exact) mass is 593 g/mol. The van der Waals surface area contributed by atoms with Gasteiger partial charge in [-0.3, -0.25) is 19.4 Å². The van der Waals surface area contributed by atoms with Crippen LogP contribution in [0.15, 0.2) is 58.7 Å². The van der Waals surface area contributed by atoms with Gasteiger partial charge in [0.25, 0.3) is 5.56 Å². The minimum absolute atomic E-state index is 0.0145. The summed E-state index contributed by atoms with van der Waals surface area (Å²) in [5, 5.41) is 4.64. The highest BCUT2D eigenvalue weighted by atomic mass is 35.5. The van der Waals surface area contributed by atoms with Crippen molar-refractivity contribution in [1.82, 2.24) is 9.55 Å². The van der Waals surface area contributed by atoms with E-state index in [1.54, 1.807) is 37.4 Å². The molecule has 0 aliphatic carbocycles. The van der Waals surface area contributed by atoms with Crippen molar-refractivity contribution in [3.8, 4) is 16.9 Å². The van der Waals surface area contributed by atoms with Crippen molar-refractivity contribution in [2.45, 2.75) is 44.8 Å². The maximum absolute atomic E-state index is 13.8. The number of nitrogens with zero attached hydrogens (tertiary/aromatic N) is 3. The SMILES string of the molecule is CCC(=O)c1ccc(CC(=O)C(CC2COCCO2)n2cc(OC)c(-c3cc(Cl)ccc3C3=NOCC3)cc2=O)cn1.